The van der Waals surface area contributed by atoms with Crippen molar-refractivity contribution in [3.05, 3.63) is 35.0 Å². The Labute approximate surface area is 272 Å². The van der Waals surface area contributed by atoms with Crippen molar-refractivity contribution in [1.82, 2.24) is 34.1 Å². The molecule has 47 heavy (non-hydrogen) atoms. The van der Waals surface area contributed by atoms with E-state index in [2.05, 4.69) is 42.6 Å². The van der Waals surface area contributed by atoms with Crippen LogP contribution >= 0.6 is 13.9 Å². The van der Waals surface area contributed by atoms with Crippen LogP contribution in [0.25, 0.3) is 22.2 Å². The molecule has 252 valence electrons. The van der Waals surface area contributed by atoms with Gasteiger partial charge in [-0.15, -0.1) is 6.42 Å². The van der Waals surface area contributed by atoms with Crippen molar-refractivity contribution in [2.45, 2.75) is 49.0 Å². The number of halogens is 2. The number of hydrogen-bond acceptors (Lipinski definition) is 15. The number of nitrogens with one attached hydrogen (secondary N) is 1. The highest BCUT2D eigenvalue weighted by Crippen LogP contribution is 2.52. The third-order valence-electron chi connectivity index (χ3n) is 7.51. The number of nitrogens with zero attached hydrogens (tertiary/aromatic N) is 6. The maximum absolute atomic E-state index is 15.8. The number of hydrogen-bond donors (Lipinski definition) is 6. The Morgan fingerprint density at radius 1 is 1.32 bits per heavy atom. The van der Waals surface area contributed by atoms with Gasteiger partial charge in [0.25, 0.3) is 5.56 Å². The van der Waals surface area contributed by atoms with Gasteiger partial charge in [-0.1, -0.05) is 5.92 Å². The van der Waals surface area contributed by atoms with Crippen LogP contribution in [0.5, 0.6) is 0 Å². The second kappa shape index (κ2) is 12.8. The quantitative estimate of drug-likeness (QED) is 0.0918. The number of ether oxygens (including phenoxy) is 2. The summed E-state index contributed by atoms with van der Waals surface area (Å²) in [6, 6.07) is 0. The number of H-pyrrole nitrogens is 1. The molecule has 0 amide bonds. The van der Waals surface area contributed by atoms with E-state index in [4.69, 9.17) is 52.7 Å². The summed E-state index contributed by atoms with van der Waals surface area (Å²) >= 11 is 9.84. The fraction of sp³-hybridized carbons (Fsp3) is 0.435. The maximum atomic E-state index is 15.8. The molecule has 4 aromatic rings. The first-order valence-electron chi connectivity index (χ1n) is 13.4. The largest absolute Gasteiger partial charge is 0.389 e. The predicted octanol–water partition coefficient (Wildman–Crippen LogP) is -0.111. The molecule has 0 saturated carbocycles. The molecule has 6 heterocycles. The van der Waals surface area contributed by atoms with Gasteiger partial charge in [0.05, 0.1) is 24.9 Å². The van der Waals surface area contributed by atoms with Crippen LogP contribution in [0.2, 0.25) is 0 Å². The number of nitrogens with two attached hydrogens (primary N) is 2. The summed E-state index contributed by atoms with van der Waals surface area (Å²) in [4.78, 5) is 51.0. The van der Waals surface area contributed by atoms with Gasteiger partial charge >= 0.3 is 6.72 Å². The van der Waals surface area contributed by atoms with E-state index < -0.39 is 81.0 Å². The lowest BCUT2D eigenvalue weighted by atomic mass is 9.99. The van der Waals surface area contributed by atoms with Gasteiger partial charge in [-0.2, -0.15) is 4.98 Å². The predicted molar refractivity (Wildman–Crippen MR) is 167 cm³/mol. The molecule has 4 aromatic heterocycles. The van der Waals surface area contributed by atoms with Gasteiger partial charge in [0, 0.05) is 12.6 Å². The average Bonchev–Trinajstić information content (AvgIpc) is 3.75. The zero-order chi connectivity index (χ0) is 33.8. The molecule has 24 heteroatoms. The number of nitrogen functional groups attached to an aromatic ring is 2. The molecule has 18 nitrogen and oxygen atoms in total. The molecule has 3 unspecified atom stereocenters. The molecule has 0 aliphatic carbocycles. The molecule has 8 N–H and O–H groups in total. The molecule has 2 aliphatic heterocycles. The summed E-state index contributed by atoms with van der Waals surface area (Å²) < 4.78 is 60.8. The van der Waals surface area contributed by atoms with Crippen molar-refractivity contribution in [3.8, 4) is 12.3 Å². The number of anilines is 2. The van der Waals surface area contributed by atoms with Gasteiger partial charge in [0.2, 0.25) is 5.95 Å². The molecular weight excluding hydrogens is 710 g/mol. The number of imidazole rings is 1. The Morgan fingerprint density at radius 3 is 2.81 bits per heavy atom. The monoisotopic (exact) mass is 735 g/mol. The standard InChI is InChI=1S/C23H25F2N9O9P2S2/c1-2-23(11(35)3-12(42-23)33-4-9(24)13-17(26)28-7-29-18(13)33)6-40-45(38,47)43-16-14(25)10(5-39-44(37)46)41-21(16)34-8-30-15-19(34)31-22(27)32-20(15)36/h1,4,7-8,10-12,14,16,21,35,44H,3,5-6H2,(H,37,46)(H,38,47)(H2,26,28,29)(H3,27,31,32,36)/t10-,11+,12-,14-,16?,21-,23-,45?/m1/s1. The van der Waals surface area contributed by atoms with E-state index in [0.29, 0.717) is 0 Å². The molecule has 0 radical (unpaired) electrons. The van der Waals surface area contributed by atoms with Crippen LogP contribution in [0.4, 0.5) is 20.5 Å². The lowest BCUT2D eigenvalue weighted by Crippen LogP contribution is -2.42. The summed E-state index contributed by atoms with van der Waals surface area (Å²) in [5.74, 6) is 1.18. The number of terminal acetylenes is 1. The Balaban J connectivity index is 1.24. The van der Waals surface area contributed by atoms with Crippen molar-refractivity contribution < 1.29 is 46.7 Å². The van der Waals surface area contributed by atoms with E-state index in [1.165, 1.54) is 4.57 Å². The van der Waals surface area contributed by atoms with Crippen LogP contribution < -0.4 is 17.0 Å². The number of aliphatic hydroxyl groups excluding tert-OH is 1. The Kier molecular flexibility index (Phi) is 9.20. The summed E-state index contributed by atoms with van der Waals surface area (Å²) in [6.45, 7) is -5.71. The van der Waals surface area contributed by atoms with Crippen molar-refractivity contribution >= 4 is 71.4 Å². The highest BCUT2D eigenvalue weighted by molar-refractivity contribution is 8.07. The highest BCUT2D eigenvalue weighted by atomic mass is 32.5. The molecule has 0 spiro atoms. The Hall–Kier alpha value is -3.03. The molecule has 0 aromatic carbocycles. The van der Waals surface area contributed by atoms with Crippen LogP contribution in [-0.4, -0.2) is 92.2 Å². The normalized spacial score (nSPS) is 29.7. The fourth-order valence-electron chi connectivity index (χ4n) is 5.31. The van der Waals surface area contributed by atoms with Gasteiger partial charge in [-0.3, -0.25) is 18.9 Å². The zero-order valence-corrected chi connectivity index (χ0v) is 27.1. The maximum Gasteiger partial charge on any atom is 0.325 e. The van der Waals surface area contributed by atoms with E-state index >= 15 is 4.39 Å². The molecule has 2 fully saturated rings. The van der Waals surface area contributed by atoms with Crippen LogP contribution in [0.1, 0.15) is 18.9 Å². The Bertz CT molecular complexity index is 2030. The van der Waals surface area contributed by atoms with E-state index in [1.54, 1.807) is 0 Å². The van der Waals surface area contributed by atoms with Crippen LogP contribution in [-0.2, 0) is 46.7 Å². The van der Waals surface area contributed by atoms with Gasteiger partial charge < -0.3 is 49.4 Å². The molecule has 6 rings (SSSR count). The minimum Gasteiger partial charge on any atom is -0.389 e. The van der Waals surface area contributed by atoms with E-state index in [1.807, 2.05) is 0 Å². The third-order valence-corrected chi connectivity index (χ3v) is 9.82. The van der Waals surface area contributed by atoms with Gasteiger partial charge in [-0.05, 0) is 23.6 Å². The first-order valence-corrected chi connectivity index (χ1v) is 18.4. The molecule has 0 bridgehead atoms. The van der Waals surface area contributed by atoms with Crippen molar-refractivity contribution in [2.24, 2.45) is 0 Å². The fourth-order valence-corrected chi connectivity index (χ4v) is 7.23. The highest BCUT2D eigenvalue weighted by Gasteiger charge is 2.52. The topological polar surface area (TPSA) is 253 Å². The first kappa shape index (κ1) is 33.9. The lowest BCUT2D eigenvalue weighted by molar-refractivity contribution is -0.0889. The lowest BCUT2D eigenvalue weighted by Gasteiger charge is -2.30. The molecule has 2 saturated heterocycles. The number of alkyl halides is 1. The van der Waals surface area contributed by atoms with Crippen molar-refractivity contribution in [3.63, 3.8) is 0 Å². The molecular formula is C23H25F2N9O9P2S2. The van der Waals surface area contributed by atoms with Gasteiger partial charge in [-0.25, -0.2) is 23.7 Å². The van der Waals surface area contributed by atoms with Crippen LogP contribution in [0, 0.1) is 18.2 Å². The Morgan fingerprint density at radius 2 is 2.09 bits per heavy atom. The SMILES string of the molecule is C#C[C@]1(COP(O)(=S)OC2[C@H](n3cnc4c(=O)[nH]c(N)nc43)O[C@H](CO[PH](O)=S)[C@H]2F)O[C@@H](n2cc(F)c3c(N)ncnc32)C[C@@H]1O. The number of fused-ring (bicyclic) bond motifs is 2. The van der Waals surface area contributed by atoms with Crippen LogP contribution in [0.3, 0.4) is 0 Å². The summed E-state index contributed by atoms with van der Waals surface area (Å²) in [6.07, 6.45) is -0.304. The second-order valence-electron chi connectivity index (χ2n) is 10.4. The third kappa shape index (κ3) is 6.30. The number of rotatable bonds is 10. The first-order chi connectivity index (χ1) is 22.2. The van der Waals surface area contributed by atoms with Gasteiger partial charge in [0.15, 0.2) is 47.8 Å². The smallest absolute Gasteiger partial charge is 0.325 e. The average molecular weight is 736 g/mol. The summed E-state index contributed by atoms with van der Waals surface area (Å²) in [5.41, 5.74) is 8.65. The number of aromatic amines is 1. The second-order valence-corrected chi connectivity index (χ2v) is 15.0. The van der Waals surface area contributed by atoms with E-state index in [-0.39, 0.29) is 40.4 Å². The molecule has 2 aliphatic rings. The molecule has 9 atom stereocenters. The number of aromatic nitrogens is 7. The number of aliphatic hydroxyl groups is 1. The summed E-state index contributed by atoms with van der Waals surface area (Å²) in [7, 11) is -2.66. The van der Waals surface area contributed by atoms with Gasteiger partial charge in [0.1, 0.15) is 36.7 Å². The minimum atomic E-state index is -4.46. The van der Waals surface area contributed by atoms with Crippen molar-refractivity contribution in [2.75, 3.05) is 24.7 Å². The van der Waals surface area contributed by atoms with Crippen molar-refractivity contribution in [1.29, 1.82) is 0 Å². The van der Waals surface area contributed by atoms with Crippen LogP contribution in [0.15, 0.2) is 23.6 Å². The zero-order valence-electron chi connectivity index (χ0n) is 23.5. The minimum absolute atomic E-state index is 0.0609. The van der Waals surface area contributed by atoms with E-state index in [0.717, 1.165) is 23.4 Å². The van der Waals surface area contributed by atoms with E-state index in [9.17, 15) is 24.1 Å². The summed E-state index contributed by atoms with van der Waals surface area (Å²) in [5, 5.41) is 10.9.